The zero-order valence-electron chi connectivity index (χ0n) is 13.6. The molecule has 0 saturated heterocycles. The summed E-state index contributed by atoms with van der Waals surface area (Å²) in [5.74, 6) is 2.41. The molecule has 126 valence electrons. The van der Waals surface area contributed by atoms with Crippen molar-refractivity contribution in [2.75, 3.05) is 6.61 Å². The van der Waals surface area contributed by atoms with E-state index in [1.807, 2.05) is 19.2 Å². The van der Waals surface area contributed by atoms with Crippen LogP contribution in [0.4, 0.5) is 0 Å². The van der Waals surface area contributed by atoms with Crippen LogP contribution in [0.1, 0.15) is 32.2 Å². The summed E-state index contributed by atoms with van der Waals surface area (Å²) in [4.78, 5) is 21.3. The smallest absolute Gasteiger partial charge is 0.311 e. The first-order chi connectivity index (χ1) is 11.7. The number of nitrogens with zero attached hydrogens (tertiary/aromatic N) is 3. The molecule has 2 aromatic rings. The van der Waals surface area contributed by atoms with E-state index >= 15 is 0 Å². The molecule has 5 nitrogen and oxygen atoms in total. The molecule has 0 unspecified atom stereocenters. The van der Waals surface area contributed by atoms with E-state index in [2.05, 4.69) is 14.5 Å². The monoisotopic (exact) mass is 345 g/mol. The van der Waals surface area contributed by atoms with Crippen LogP contribution in [0.25, 0.3) is 11.0 Å². The Labute approximate surface area is 145 Å². The fourth-order valence-corrected chi connectivity index (χ4v) is 5.64. The maximum atomic E-state index is 12.8. The Kier molecular flexibility index (Phi) is 3.18. The van der Waals surface area contributed by atoms with Gasteiger partial charge in [0.05, 0.1) is 18.6 Å². The average molecular weight is 346 g/mol. The molecule has 4 fully saturated rings. The van der Waals surface area contributed by atoms with Gasteiger partial charge in [0.15, 0.2) is 0 Å². The van der Waals surface area contributed by atoms with Crippen molar-refractivity contribution in [1.29, 1.82) is 0 Å². The molecule has 0 N–H and O–H groups in total. The number of halogens is 1. The van der Waals surface area contributed by atoms with Gasteiger partial charge in [-0.1, -0.05) is 0 Å². The number of aromatic nitrogens is 3. The van der Waals surface area contributed by atoms with Gasteiger partial charge < -0.3 is 9.30 Å². The molecule has 4 aliphatic rings. The van der Waals surface area contributed by atoms with E-state index in [-0.39, 0.29) is 23.2 Å². The van der Waals surface area contributed by atoms with Crippen LogP contribution in [-0.2, 0) is 9.53 Å². The Morgan fingerprint density at radius 2 is 2.12 bits per heavy atom. The Balaban J connectivity index is 1.63. The Morgan fingerprint density at radius 1 is 1.33 bits per heavy atom. The summed E-state index contributed by atoms with van der Waals surface area (Å²) < 4.78 is 7.63. The van der Waals surface area contributed by atoms with Crippen LogP contribution in [0.15, 0.2) is 18.5 Å². The van der Waals surface area contributed by atoms with Gasteiger partial charge in [-0.2, -0.15) is 4.98 Å². The lowest BCUT2D eigenvalue weighted by atomic mass is 9.61. The molecule has 0 amide bonds. The first-order valence-electron chi connectivity index (χ1n) is 8.84. The minimum atomic E-state index is -0.0585. The summed E-state index contributed by atoms with van der Waals surface area (Å²) in [6, 6.07) is 2.15. The molecule has 4 aliphatic carbocycles. The van der Waals surface area contributed by atoms with Crippen LogP contribution >= 0.6 is 11.6 Å². The molecule has 6 heteroatoms. The van der Waals surface area contributed by atoms with Gasteiger partial charge in [0.2, 0.25) is 5.28 Å². The summed E-state index contributed by atoms with van der Waals surface area (Å²) >= 11 is 6.02. The molecular formula is C18H20ClN3O2. The van der Waals surface area contributed by atoms with Crippen LogP contribution in [-0.4, -0.2) is 27.1 Å². The van der Waals surface area contributed by atoms with Gasteiger partial charge in [-0.25, -0.2) is 4.98 Å². The van der Waals surface area contributed by atoms with Gasteiger partial charge in [0.25, 0.3) is 0 Å². The van der Waals surface area contributed by atoms with E-state index < -0.39 is 0 Å². The Bertz CT molecular complexity index is 820. The molecule has 6 atom stereocenters. The van der Waals surface area contributed by atoms with Crippen molar-refractivity contribution in [2.24, 2.45) is 29.6 Å². The van der Waals surface area contributed by atoms with Gasteiger partial charge in [-0.05, 0) is 67.5 Å². The van der Waals surface area contributed by atoms with Gasteiger partial charge in [0, 0.05) is 17.8 Å². The maximum absolute atomic E-state index is 12.8. The molecule has 4 saturated carbocycles. The number of carbonyl (C=O) groups excluding carboxylic acids is 1. The Hall–Kier alpha value is -1.62. The van der Waals surface area contributed by atoms with E-state index in [1.54, 1.807) is 6.20 Å². The maximum Gasteiger partial charge on any atom is 0.311 e. The zero-order chi connectivity index (χ0) is 16.4. The van der Waals surface area contributed by atoms with Gasteiger partial charge in [0.1, 0.15) is 5.65 Å². The quantitative estimate of drug-likeness (QED) is 0.631. The molecule has 0 aliphatic heterocycles. The number of esters is 1. The third-order valence-electron chi connectivity index (χ3n) is 6.40. The Morgan fingerprint density at radius 3 is 2.96 bits per heavy atom. The fourth-order valence-electron chi connectivity index (χ4n) is 5.51. The normalized spacial score (nSPS) is 36.6. The molecule has 0 aromatic carbocycles. The van der Waals surface area contributed by atoms with Crippen LogP contribution in [0, 0.1) is 29.6 Å². The van der Waals surface area contributed by atoms with E-state index in [9.17, 15) is 4.79 Å². The third kappa shape index (κ3) is 1.97. The van der Waals surface area contributed by atoms with Gasteiger partial charge in [-0.3, -0.25) is 4.79 Å². The second-order valence-corrected chi connectivity index (χ2v) is 7.72. The van der Waals surface area contributed by atoms with E-state index in [0.717, 1.165) is 29.3 Å². The first kappa shape index (κ1) is 14.7. The predicted octanol–water partition coefficient (Wildman–Crippen LogP) is 3.48. The van der Waals surface area contributed by atoms with Crippen molar-refractivity contribution in [1.82, 2.24) is 14.5 Å². The van der Waals surface area contributed by atoms with Gasteiger partial charge >= 0.3 is 5.97 Å². The van der Waals surface area contributed by atoms with Crippen LogP contribution in [0.3, 0.4) is 0 Å². The highest BCUT2D eigenvalue weighted by Gasteiger charge is 2.63. The number of fused-ring (bicyclic) bond motifs is 3. The lowest BCUT2D eigenvalue weighted by molar-refractivity contribution is -0.158. The van der Waals surface area contributed by atoms with Crippen molar-refractivity contribution in [3.63, 3.8) is 0 Å². The fraction of sp³-hybridized carbons (Fsp3) is 0.611. The molecule has 6 rings (SSSR count). The van der Waals surface area contributed by atoms with Crippen LogP contribution in [0.2, 0.25) is 5.28 Å². The standard InChI is InChI=1S/C18H20ClN3O2/c1-2-24-17(23)14-10-3-4-11(13-7-12(10)13)15(14)22-6-5-9-8-20-18(19)21-16(9)22/h5-6,8,10-15H,2-4,7H2,1H3/t10-,11+,12-,13+,14-,15-/m0/s1. The second-order valence-electron chi connectivity index (χ2n) is 7.38. The van der Waals surface area contributed by atoms with E-state index in [0.29, 0.717) is 18.4 Å². The van der Waals surface area contributed by atoms with Gasteiger partial charge in [-0.15, -0.1) is 0 Å². The van der Waals surface area contributed by atoms with Crippen molar-refractivity contribution in [3.8, 4) is 0 Å². The average Bonchev–Trinajstić information content (AvgIpc) is 3.31. The first-order valence-corrected chi connectivity index (χ1v) is 9.22. The van der Waals surface area contributed by atoms with Crippen molar-refractivity contribution < 1.29 is 9.53 Å². The SMILES string of the molecule is CCOC(=O)[C@H]1[C@H]2CC[C@H]([C@H]3C[C@H]32)[C@@H]1n1ccc2cnc(Cl)nc21. The highest BCUT2D eigenvalue weighted by Crippen LogP contribution is 2.67. The largest absolute Gasteiger partial charge is 0.466 e. The molecule has 2 aromatic heterocycles. The van der Waals surface area contributed by atoms with E-state index in [1.165, 1.54) is 12.8 Å². The number of ether oxygens (including phenoxy) is 1. The highest BCUT2D eigenvalue weighted by molar-refractivity contribution is 6.28. The molecular weight excluding hydrogens is 326 g/mol. The number of carbonyl (C=O) groups is 1. The number of hydrogen-bond donors (Lipinski definition) is 0. The van der Waals surface area contributed by atoms with Crippen LogP contribution < -0.4 is 0 Å². The van der Waals surface area contributed by atoms with E-state index in [4.69, 9.17) is 16.3 Å². The summed E-state index contributed by atoms with van der Waals surface area (Å²) in [6.07, 6.45) is 7.43. The summed E-state index contributed by atoms with van der Waals surface area (Å²) in [6.45, 7) is 2.32. The molecule has 2 heterocycles. The zero-order valence-corrected chi connectivity index (χ0v) is 14.3. The molecule has 24 heavy (non-hydrogen) atoms. The topological polar surface area (TPSA) is 57.0 Å². The lowest BCUT2D eigenvalue weighted by Crippen LogP contribution is -2.47. The highest BCUT2D eigenvalue weighted by atomic mass is 35.5. The third-order valence-corrected chi connectivity index (χ3v) is 6.58. The van der Waals surface area contributed by atoms with Crippen molar-refractivity contribution in [2.45, 2.75) is 32.2 Å². The minimum absolute atomic E-state index is 0.0375. The summed E-state index contributed by atoms with van der Waals surface area (Å²) in [5.41, 5.74) is 0.832. The second kappa shape index (κ2) is 5.19. The minimum Gasteiger partial charge on any atom is -0.466 e. The molecule has 0 radical (unpaired) electrons. The number of rotatable bonds is 3. The van der Waals surface area contributed by atoms with Crippen molar-refractivity contribution in [3.05, 3.63) is 23.7 Å². The lowest BCUT2D eigenvalue weighted by Gasteiger charge is -2.47. The summed E-state index contributed by atoms with van der Waals surface area (Å²) in [7, 11) is 0. The van der Waals surface area contributed by atoms with Crippen molar-refractivity contribution >= 4 is 28.6 Å². The molecule has 0 spiro atoms. The summed E-state index contributed by atoms with van der Waals surface area (Å²) in [5, 5.41) is 1.22. The molecule has 2 bridgehead atoms. The predicted molar refractivity (Wildman–Crippen MR) is 89.5 cm³/mol. The number of hydrogen-bond acceptors (Lipinski definition) is 4. The van der Waals surface area contributed by atoms with Crippen LogP contribution in [0.5, 0.6) is 0 Å².